The molecule has 0 N–H and O–H groups in total. The maximum atomic E-state index is 4.70. The highest BCUT2D eigenvalue weighted by Gasteiger charge is 2.22. The number of rotatable bonds is 0. The molecule has 0 bridgehead atoms. The van der Waals surface area contributed by atoms with Gasteiger partial charge in [0.1, 0.15) is 0 Å². The van der Waals surface area contributed by atoms with Gasteiger partial charge >= 0.3 is 0 Å². The molecular formula is C15H16N2. The van der Waals surface area contributed by atoms with E-state index in [2.05, 4.69) is 31.0 Å². The maximum Gasteiger partial charge on any atom is 0.0927 e. The zero-order valence-corrected chi connectivity index (χ0v) is 10.8. The van der Waals surface area contributed by atoms with Gasteiger partial charge in [0.2, 0.25) is 0 Å². The first-order valence-electron chi connectivity index (χ1n) is 6.01. The maximum absolute atomic E-state index is 4.70. The third-order valence-corrected chi connectivity index (χ3v) is 3.71. The van der Waals surface area contributed by atoms with Crippen LogP contribution in [0.25, 0.3) is 11.3 Å². The number of aryl methyl sites for hydroxylation is 4. The van der Waals surface area contributed by atoms with E-state index in [-0.39, 0.29) is 0 Å². The van der Waals surface area contributed by atoms with Gasteiger partial charge < -0.3 is 0 Å². The fraction of sp³-hybridized carbons (Fsp3) is 0.333. The van der Waals surface area contributed by atoms with E-state index in [1.165, 1.54) is 22.3 Å². The molecule has 0 aliphatic heterocycles. The van der Waals surface area contributed by atoms with Crippen molar-refractivity contribution in [2.45, 2.75) is 34.1 Å². The monoisotopic (exact) mass is 224 g/mol. The Morgan fingerprint density at radius 3 is 2.29 bits per heavy atom. The molecule has 1 aliphatic carbocycles. The lowest BCUT2D eigenvalue weighted by atomic mass is 10.0. The van der Waals surface area contributed by atoms with E-state index in [1.54, 1.807) is 0 Å². The summed E-state index contributed by atoms with van der Waals surface area (Å²) in [4.78, 5) is 9.37. The Morgan fingerprint density at radius 1 is 0.882 bits per heavy atom. The van der Waals surface area contributed by atoms with Gasteiger partial charge in [0, 0.05) is 12.0 Å². The lowest BCUT2D eigenvalue weighted by molar-refractivity contribution is 0.994. The summed E-state index contributed by atoms with van der Waals surface area (Å²) in [5, 5.41) is 0. The molecule has 0 fully saturated rings. The lowest BCUT2D eigenvalue weighted by Gasteiger charge is -2.06. The minimum absolute atomic E-state index is 0.930. The first-order valence-corrected chi connectivity index (χ1v) is 6.01. The molecule has 0 atom stereocenters. The second-order valence-electron chi connectivity index (χ2n) is 4.96. The molecule has 0 radical (unpaired) electrons. The van der Waals surface area contributed by atoms with Crippen molar-refractivity contribution in [3.05, 3.63) is 45.9 Å². The summed E-state index contributed by atoms with van der Waals surface area (Å²) in [6.45, 7) is 8.38. The number of hydrogen-bond acceptors (Lipinski definition) is 2. The molecule has 1 aromatic carbocycles. The SMILES string of the molecule is Cc1cc2c(cc1C)-c1nc(C)c(C)nc1C2. The first-order chi connectivity index (χ1) is 8.06. The minimum atomic E-state index is 0.930. The van der Waals surface area contributed by atoms with Crippen molar-refractivity contribution in [3.8, 4) is 11.3 Å². The highest BCUT2D eigenvalue weighted by molar-refractivity contribution is 5.73. The summed E-state index contributed by atoms with van der Waals surface area (Å²) in [7, 11) is 0. The van der Waals surface area contributed by atoms with E-state index >= 15 is 0 Å². The van der Waals surface area contributed by atoms with Gasteiger partial charge in [-0.2, -0.15) is 0 Å². The quantitative estimate of drug-likeness (QED) is 0.585. The molecule has 2 aromatic rings. The Balaban J connectivity index is 2.27. The molecule has 0 unspecified atom stereocenters. The van der Waals surface area contributed by atoms with Crippen LogP contribution in [0.2, 0.25) is 0 Å². The second-order valence-corrected chi connectivity index (χ2v) is 4.96. The van der Waals surface area contributed by atoms with Crippen molar-refractivity contribution in [1.82, 2.24) is 9.97 Å². The van der Waals surface area contributed by atoms with Crippen LogP contribution in [0.4, 0.5) is 0 Å². The van der Waals surface area contributed by atoms with Crippen molar-refractivity contribution in [2.75, 3.05) is 0 Å². The first kappa shape index (κ1) is 10.5. The number of nitrogens with zero attached hydrogens (tertiary/aromatic N) is 2. The van der Waals surface area contributed by atoms with Crippen LogP contribution in [-0.2, 0) is 6.42 Å². The van der Waals surface area contributed by atoms with Gasteiger partial charge in [-0.05, 0) is 50.5 Å². The molecule has 0 spiro atoms. The van der Waals surface area contributed by atoms with Crippen LogP contribution in [0.15, 0.2) is 12.1 Å². The van der Waals surface area contributed by atoms with Gasteiger partial charge in [-0.25, -0.2) is 4.98 Å². The van der Waals surface area contributed by atoms with Crippen LogP contribution in [0.3, 0.4) is 0 Å². The van der Waals surface area contributed by atoms with Gasteiger partial charge in [0.05, 0.1) is 22.8 Å². The Hall–Kier alpha value is -1.70. The van der Waals surface area contributed by atoms with Crippen molar-refractivity contribution in [3.63, 3.8) is 0 Å². The van der Waals surface area contributed by atoms with Gasteiger partial charge in [-0.1, -0.05) is 6.07 Å². The number of aromatic nitrogens is 2. The third-order valence-electron chi connectivity index (χ3n) is 3.71. The Labute approximate surface area is 102 Å². The Kier molecular flexibility index (Phi) is 2.09. The molecule has 0 saturated carbocycles. The largest absolute Gasteiger partial charge is 0.254 e. The fourth-order valence-corrected chi connectivity index (χ4v) is 2.41. The van der Waals surface area contributed by atoms with Crippen molar-refractivity contribution < 1.29 is 0 Å². The average molecular weight is 224 g/mol. The van der Waals surface area contributed by atoms with E-state index in [1.807, 2.05) is 13.8 Å². The van der Waals surface area contributed by atoms with Crippen molar-refractivity contribution in [2.24, 2.45) is 0 Å². The molecule has 1 heterocycles. The van der Waals surface area contributed by atoms with Crippen LogP contribution in [0.1, 0.15) is 33.8 Å². The smallest absolute Gasteiger partial charge is 0.0927 e. The predicted octanol–water partition coefficient (Wildman–Crippen LogP) is 3.28. The Bertz CT molecular complexity index is 572. The number of hydrogen-bond donors (Lipinski definition) is 0. The number of fused-ring (bicyclic) bond motifs is 3. The van der Waals surface area contributed by atoms with Crippen LogP contribution in [-0.4, -0.2) is 9.97 Å². The normalized spacial score (nSPS) is 12.5. The number of benzene rings is 1. The second kappa shape index (κ2) is 3.39. The van der Waals surface area contributed by atoms with Gasteiger partial charge in [0.25, 0.3) is 0 Å². The van der Waals surface area contributed by atoms with Crippen LogP contribution in [0.5, 0.6) is 0 Å². The Morgan fingerprint density at radius 2 is 1.53 bits per heavy atom. The summed E-state index contributed by atoms with van der Waals surface area (Å²) in [5.74, 6) is 0. The standard InChI is InChI=1S/C15H16N2/c1-8-5-12-7-14-15(13(12)6-9(8)2)17-11(4)10(3)16-14/h5-6H,7H2,1-4H3. The minimum Gasteiger partial charge on any atom is -0.254 e. The third kappa shape index (κ3) is 1.47. The van der Waals surface area contributed by atoms with Crippen molar-refractivity contribution in [1.29, 1.82) is 0 Å². The molecule has 17 heavy (non-hydrogen) atoms. The zero-order chi connectivity index (χ0) is 12.2. The molecule has 0 saturated heterocycles. The van der Waals surface area contributed by atoms with Gasteiger partial charge in [-0.3, -0.25) is 4.98 Å². The van der Waals surface area contributed by atoms with Crippen LogP contribution >= 0.6 is 0 Å². The van der Waals surface area contributed by atoms with E-state index in [9.17, 15) is 0 Å². The topological polar surface area (TPSA) is 25.8 Å². The molecule has 86 valence electrons. The van der Waals surface area contributed by atoms with E-state index < -0.39 is 0 Å². The summed E-state index contributed by atoms with van der Waals surface area (Å²) in [6.07, 6.45) is 0.930. The van der Waals surface area contributed by atoms with Gasteiger partial charge in [0.15, 0.2) is 0 Å². The van der Waals surface area contributed by atoms with E-state index in [0.717, 1.165) is 29.2 Å². The molecule has 2 heteroatoms. The molecule has 2 nitrogen and oxygen atoms in total. The predicted molar refractivity (Wildman–Crippen MR) is 69.2 cm³/mol. The van der Waals surface area contributed by atoms with E-state index in [4.69, 9.17) is 4.98 Å². The van der Waals surface area contributed by atoms with Crippen LogP contribution < -0.4 is 0 Å². The molecular weight excluding hydrogens is 208 g/mol. The molecule has 1 aromatic heterocycles. The highest BCUT2D eigenvalue weighted by Crippen LogP contribution is 2.36. The summed E-state index contributed by atoms with van der Waals surface area (Å²) in [5.41, 5.74) is 9.63. The zero-order valence-electron chi connectivity index (χ0n) is 10.8. The highest BCUT2D eigenvalue weighted by atomic mass is 14.8. The van der Waals surface area contributed by atoms with Gasteiger partial charge in [-0.15, -0.1) is 0 Å². The average Bonchev–Trinajstić information content (AvgIpc) is 2.58. The fourth-order valence-electron chi connectivity index (χ4n) is 2.41. The lowest BCUT2D eigenvalue weighted by Crippen LogP contribution is -1.97. The summed E-state index contributed by atoms with van der Waals surface area (Å²) < 4.78 is 0. The van der Waals surface area contributed by atoms with E-state index in [0.29, 0.717) is 0 Å². The molecule has 3 rings (SSSR count). The summed E-state index contributed by atoms with van der Waals surface area (Å²) in [6, 6.07) is 4.53. The molecule has 0 amide bonds. The summed E-state index contributed by atoms with van der Waals surface area (Å²) >= 11 is 0. The molecule has 1 aliphatic rings. The van der Waals surface area contributed by atoms with Crippen molar-refractivity contribution >= 4 is 0 Å². The van der Waals surface area contributed by atoms with Crippen LogP contribution in [0, 0.1) is 27.7 Å².